The number of hydrogen-bond acceptors (Lipinski definition) is 4. The molecule has 1 heterocycles. The van der Waals surface area contributed by atoms with Crippen LogP contribution < -0.4 is 11.1 Å². The van der Waals surface area contributed by atoms with Crippen LogP contribution in [0.4, 0.5) is 0 Å². The third kappa shape index (κ3) is 3.31. The maximum absolute atomic E-state index is 13.1. The Kier molecular flexibility index (Phi) is 5.91. The molecule has 138 valence electrons. The first-order chi connectivity index (χ1) is 11.3. The largest absolute Gasteiger partial charge is 0.378 e. The van der Waals surface area contributed by atoms with Crippen molar-refractivity contribution >= 4 is 11.8 Å². The minimum atomic E-state index is -0.894. The predicted molar refractivity (Wildman–Crippen MR) is 93.3 cm³/mol. The fourth-order valence-electron chi connectivity index (χ4n) is 3.85. The Morgan fingerprint density at radius 1 is 1.33 bits per heavy atom. The quantitative estimate of drug-likeness (QED) is 0.763. The molecule has 1 aliphatic heterocycles. The number of carbonyl (C=O) groups is 2. The maximum Gasteiger partial charge on any atom is 0.243 e. The van der Waals surface area contributed by atoms with Gasteiger partial charge in [-0.05, 0) is 26.2 Å². The number of piperidine rings is 1. The van der Waals surface area contributed by atoms with Crippen molar-refractivity contribution in [2.75, 3.05) is 26.2 Å². The summed E-state index contributed by atoms with van der Waals surface area (Å²) in [6.07, 6.45) is 3.17. The second-order valence-corrected chi connectivity index (χ2v) is 7.72. The molecule has 1 saturated carbocycles. The molecule has 0 aromatic rings. The van der Waals surface area contributed by atoms with E-state index in [1.54, 1.807) is 4.90 Å². The molecule has 0 aromatic heterocycles. The molecule has 2 aliphatic rings. The molecule has 2 rings (SSSR count). The molecule has 24 heavy (non-hydrogen) atoms. The van der Waals surface area contributed by atoms with Crippen molar-refractivity contribution in [3.63, 3.8) is 0 Å². The van der Waals surface area contributed by atoms with Crippen LogP contribution in [-0.4, -0.2) is 54.6 Å². The average Bonchev–Trinajstić information content (AvgIpc) is 2.58. The molecule has 6 nitrogen and oxygen atoms in total. The van der Waals surface area contributed by atoms with Crippen LogP contribution in [0.15, 0.2) is 0 Å². The fourth-order valence-corrected chi connectivity index (χ4v) is 3.85. The molecule has 1 saturated heterocycles. The molecule has 3 unspecified atom stereocenters. The number of nitrogens with one attached hydrogen (secondary N) is 1. The van der Waals surface area contributed by atoms with Gasteiger partial charge in [-0.3, -0.25) is 9.59 Å². The lowest BCUT2D eigenvalue weighted by atomic mass is 9.54. The summed E-state index contributed by atoms with van der Waals surface area (Å²) in [5, 5.41) is 2.94. The minimum absolute atomic E-state index is 0.0184. The van der Waals surface area contributed by atoms with Gasteiger partial charge in [-0.25, -0.2) is 0 Å². The van der Waals surface area contributed by atoms with Gasteiger partial charge in [-0.1, -0.05) is 20.8 Å². The maximum atomic E-state index is 13.1. The molecule has 0 spiro atoms. The SMILES string of the molecule is CCCNC(=O)C1CCCN(C(=O)C2(N)CC(OCC)C2(C)C)C1. The summed E-state index contributed by atoms with van der Waals surface area (Å²) in [7, 11) is 0. The van der Waals surface area contributed by atoms with Gasteiger partial charge < -0.3 is 20.7 Å². The van der Waals surface area contributed by atoms with Crippen molar-refractivity contribution in [3.05, 3.63) is 0 Å². The van der Waals surface area contributed by atoms with E-state index in [-0.39, 0.29) is 23.8 Å². The van der Waals surface area contributed by atoms with Gasteiger partial charge in [0.25, 0.3) is 0 Å². The van der Waals surface area contributed by atoms with Crippen molar-refractivity contribution in [2.24, 2.45) is 17.1 Å². The highest BCUT2D eigenvalue weighted by atomic mass is 16.5. The van der Waals surface area contributed by atoms with Gasteiger partial charge in [-0.2, -0.15) is 0 Å². The van der Waals surface area contributed by atoms with E-state index in [1.165, 1.54) is 0 Å². The van der Waals surface area contributed by atoms with Crippen LogP contribution in [0.3, 0.4) is 0 Å². The number of amides is 2. The molecule has 3 atom stereocenters. The standard InChI is InChI=1S/C18H33N3O3/c1-5-9-20-15(22)13-8-7-10-21(12-13)16(23)18(19)11-14(24-6-2)17(18,3)4/h13-14H,5-12,19H2,1-4H3,(H,20,22). The second kappa shape index (κ2) is 7.40. The molecule has 2 fully saturated rings. The Labute approximate surface area is 145 Å². The highest BCUT2D eigenvalue weighted by Gasteiger charge is 2.63. The summed E-state index contributed by atoms with van der Waals surface area (Å²) in [4.78, 5) is 27.1. The van der Waals surface area contributed by atoms with E-state index in [9.17, 15) is 9.59 Å². The highest BCUT2D eigenvalue weighted by molar-refractivity contribution is 5.89. The normalized spacial score (nSPS) is 32.1. The van der Waals surface area contributed by atoms with Crippen LogP contribution >= 0.6 is 0 Å². The Hall–Kier alpha value is -1.14. The monoisotopic (exact) mass is 339 g/mol. The summed E-state index contributed by atoms with van der Waals surface area (Å²) >= 11 is 0. The molecule has 1 aliphatic carbocycles. The van der Waals surface area contributed by atoms with Crippen LogP contribution in [-0.2, 0) is 14.3 Å². The van der Waals surface area contributed by atoms with Crippen LogP contribution in [0.25, 0.3) is 0 Å². The van der Waals surface area contributed by atoms with Crippen molar-refractivity contribution in [3.8, 4) is 0 Å². The number of rotatable bonds is 6. The molecular weight excluding hydrogens is 306 g/mol. The number of hydrogen-bond donors (Lipinski definition) is 2. The van der Waals surface area contributed by atoms with Gasteiger partial charge in [0, 0.05) is 38.1 Å². The molecule has 0 bridgehead atoms. The first-order valence-electron chi connectivity index (χ1n) is 9.25. The van der Waals surface area contributed by atoms with Crippen molar-refractivity contribution in [1.29, 1.82) is 0 Å². The summed E-state index contributed by atoms with van der Waals surface area (Å²) in [5.74, 6) is -0.0966. The third-order valence-corrected chi connectivity index (χ3v) is 5.84. The summed E-state index contributed by atoms with van der Waals surface area (Å²) in [6, 6.07) is 0. The zero-order chi connectivity index (χ0) is 18.0. The number of carbonyl (C=O) groups excluding carboxylic acids is 2. The topological polar surface area (TPSA) is 84.7 Å². The van der Waals surface area contributed by atoms with Crippen LogP contribution in [0.2, 0.25) is 0 Å². The molecule has 3 N–H and O–H groups in total. The fraction of sp³-hybridized carbons (Fsp3) is 0.889. The van der Waals surface area contributed by atoms with E-state index in [4.69, 9.17) is 10.5 Å². The van der Waals surface area contributed by atoms with Crippen LogP contribution in [0, 0.1) is 11.3 Å². The van der Waals surface area contributed by atoms with E-state index >= 15 is 0 Å². The lowest BCUT2D eigenvalue weighted by molar-refractivity contribution is -0.180. The number of nitrogens with two attached hydrogens (primary N) is 1. The summed E-state index contributed by atoms with van der Waals surface area (Å²) in [6.45, 7) is 10.5. The predicted octanol–water partition coefficient (Wildman–Crippen LogP) is 1.28. The molecular formula is C18H33N3O3. The zero-order valence-electron chi connectivity index (χ0n) is 15.6. The van der Waals surface area contributed by atoms with Gasteiger partial charge in [0.2, 0.25) is 11.8 Å². The Morgan fingerprint density at radius 2 is 2.04 bits per heavy atom. The molecule has 0 aromatic carbocycles. The first kappa shape index (κ1) is 19.2. The number of likely N-dealkylation sites (tertiary alicyclic amines) is 1. The summed E-state index contributed by atoms with van der Waals surface area (Å²) in [5.41, 5.74) is 5.22. The molecule has 6 heteroatoms. The zero-order valence-corrected chi connectivity index (χ0v) is 15.6. The number of ether oxygens (including phenoxy) is 1. The van der Waals surface area contributed by atoms with Gasteiger partial charge in [0.15, 0.2) is 0 Å². The Morgan fingerprint density at radius 3 is 2.62 bits per heavy atom. The van der Waals surface area contributed by atoms with Crippen LogP contribution in [0.1, 0.15) is 53.4 Å². The molecule has 0 radical (unpaired) electrons. The van der Waals surface area contributed by atoms with E-state index in [0.29, 0.717) is 32.7 Å². The van der Waals surface area contributed by atoms with E-state index in [0.717, 1.165) is 19.3 Å². The minimum Gasteiger partial charge on any atom is -0.378 e. The van der Waals surface area contributed by atoms with Gasteiger partial charge in [0.05, 0.1) is 12.0 Å². The van der Waals surface area contributed by atoms with E-state index < -0.39 is 11.0 Å². The van der Waals surface area contributed by atoms with Gasteiger partial charge in [-0.15, -0.1) is 0 Å². The number of nitrogens with zero attached hydrogens (tertiary/aromatic N) is 1. The van der Waals surface area contributed by atoms with Crippen LogP contribution in [0.5, 0.6) is 0 Å². The van der Waals surface area contributed by atoms with Gasteiger partial charge >= 0.3 is 0 Å². The molecule has 2 amide bonds. The van der Waals surface area contributed by atoms with Crippen molar-refractivity contribution in [2.45, 2.75) is 65.0 Å². The smallest absolute Gasteiger partial charge is 0.243 e. The Bertz CT molecular complexity index is 480. The Balaban J connectivity index is 2.00. The van der Waals surface area contributed by atoms with Gasteiger partial charge in [0.1, 0.15) is 5.54 Å². The lowest BCUT2D eigenvalue weighted by Gasteiger charge is -2.59. The van der Waals surface area contributed by atoms with E-state index in [1.807, 2.05) is 27.7 Å². The second-order valence-electron chi connectivity index (χ2n) is 7.72. The van der Waals surface area contributed by atoms with Crippen molar-refractivity contribution < 1.29 is 14.3 Å². The summed E-state index contributed by atoms with van der Waals surface area (Å²) < 4.78 is 5.71. The lowest BCUT2D eigenvalue weighted by Crippen LogP contribution is -2.76. The van der Waals surface area contributed by atoms with E-state index in [2.05, 4.69) is 5.32 Å². The highest BCUT2D eigenvalue weighted by Crippen LogP contribution is 2.50. The van der Waals surface area contributed by atoms with Crippen molar-refractivity contribution in [1.82, 2.24) is 10.2 Å². The third-order valence-electron chi connectivity index (χ3n) is 5.84. The average molecular weight is 339 g/mol. The first-order valence-corrected chi connectivity index (χ1v) is 9.25.